The van der Waals surface area contributed by atoms with E-state index < -0.39 is 0 Å². The molecule has 0 amide bonds. The third kappa shape index (κ3) is 3.06. The summed E-state index contributed by atoms with van der Waals surface area (Å²) in [5, 5.41) is 3.08. The topological polar surface area (TPSA) is 47.6 Å². The largest absolute Gasteiger partial charge is 0.463 e. The third-order valence-corrected chi connectivity index (χ3v) is 1.92. The Kier molecular flexibility index (Phi) is 3.76. The fraction of sp³-hybridized carbons (Fsp3) is 0.667. The summed E-state index contributed by atoms with van der Waals surface area (Å²) in [6, 6.07) is 0. The van der Waals surface area contributed by atoms with E-state index in [0.717, 1.165) is 18.7 Å². The average molecular weight is 185 g/mol. The Balaban J connectivity index is 2.40. The van der Waals surface area contributed by atoms with Crippen LogP contribution in [0, 0.1) is 0 Å². The molecule has 0 radical (unpaired) electrons. The van der Waals surface area contributed by atoms with Crippen LogP contribution in [0.15, 0.2) is 11.8 Å². The lowest BCUT2D eigenvalue weighted by molar-refractivity contribution is -0.137. The van der Waals surface area contributed by atoms with Gasteiger partial charge in [-0.1, -0.05) is 0 Å². The molecule has 0 bridgehead atoms. The van der Waals surface area contributed by atoms with Crippen LogP contribution in [0.4, 0.5) is 0 Å². The van der Waals surface area contributed by atoms with Crippen LogP contribution in [0.1, 0.15) is 13.3 Å². The number of esters is 1. The van der Waals surface area contributed by atoms with Gasteiger partial charge in [-0.05, 0) is 6.92 Å². The van der Waals surface area contributed by atoms with Gasteiger partial charge in [-0.15, -0.1) is 0 Å². The molecule has 1 aliphatic rings. The second-order valence-electron chi connectivity index (χ2n) is 2.86. The molecule has 0 saturated carbocycles. The van der Waals surface area contributed by atoms with Crippen molar-refractivity contribution in [2.45, 2.75) is 19.4 Å². The minimum absolute atomic E-state index is 0.181. The first kappa shape index (κ1) is 10.1. The average Bonchev–Trinajstić information content (AvgIpc) is 2.52. The predicted octanol–water partition coefficient (Wildman–Crippen LogP) is 0.442. The lowest BCUT2D eigenvalue weighted by Gasteiger charge is -2.01. The van der Waals surface area contributed by atoms with Crippen molar-refractivity contribution in [2.24, 2.45) is 0 Å². The molecule has 0 aromatic carbocycles. The van der Waals surface area contributed by atoms with E-state index >= 15 is 0 Å². The summed E-state index contributed by atoms with van der Waals surface area (Å²) in [4.78, 5) is 11.0. The molecule has 1 N–H and O–H groups in total. The van der Waals surface area contributed by atoms with Crippen LogP contribution in [-0.2, 0) is 14.3 Å². The summed E-state index contributed by atoms with van der Waals surface area (Å²) in [7, 11) is 1.67. The Morgan fingerprint density at radius 2 is 2.54 bits per heavy atom. The van der Waals surface area contributed by atoms with Gasteiger partial charge >= 0.3 is 5.97 Å². The summed E-state index contributed by atoms with van der Waals surface area (Å²) in [6.45, 7) is 2.97. The van der Waals surface area contributed by atoms with Crippen molar-refractivity contribution in [1.29, 1.82) is 0 Å². The molecule has 1 fully saturated rings. The van der Waals surface area contributed by atoms with Gasteiger partial charge in [0, 0.05) is 31.8 Å². The maximum atomic E-state index is 11.0. The number of hydrogen-bond acceptors (Lipinski definition) is 4. The van der Waals surface area contributed by atoms with Crippen molar-refractivity contribution >= 4 is 5.97 Å². The molecule has 4 nitrogen and oxygen atoms in total. The van der Waals surface area contributed by atoms with Gasteiger partial charge in [0.05, 0.1) is 12.7 Å². The van der Waals surface area contributed by atoms with Crippen molar-refractivity contribution in [3.63, 3.8) is 0 Å². The van der Waals surface area contributed by atoms with Crippen molar-refractivity contribution in [3.05, 3.63) is 11.8 Å². The summed E-state index contributed by atoms with van der Waals surface area (Å²) in [6.07, 6.45) is 2.43. The minimum Gasteiger partial charge on any atom is -0.463 e. The minimum atomic E-state index is -0.290. The van der Waals surface area contributed by atoms with E-state index in [-0.39, 0.29) is 12.1 Å². The zero-order chi connectivity index (χ0) is 9.68. The van der Waals surface area contributed by atoms with E-state index in [1.807, 2.05) is 0 Å². The van der Waals surface area contributed by atoms with E-state index in [9.17, 15) is 4.79 Å². The van der Waals surface area contributed by atoms with Crippen molar-refractivity contribution < 1.29 is 14.3 Å². The van der Waals surface area contributed by atoms with Gasteiger partial charge < -0.3 is 14.8 Å². The predicted molar refractivity (Wildman–Crippen MR) is 48.1 cm³/mol. The number of methoxy groups -OCH3 is 1. The Morgan fingerprint density at radius 1 is 1.77 bits per heavy atom. The molecule has 13 heavy (non-hydrogen) atoms. The second kappa shape index (κ2) is 4.87. The molecular weight excluding hydrogens is 170 g/mol. The zero-order valence-corrected chi connectivity index (χ0v) is 8.00. The van der Waals surface area contributed by atoms with E-state index in [2.05, 4.69) is 5.32 Å². The van der Waals surface area contributed by atoms with Crippen LogP contribution in [0.2, 0.25) is 0 Å². The molecule has 1 unspecified atom stereocenters. The van der Waals surface area contributed by atoms with E-state index in [1.54, 1.807) is 14.0 Å². The van der Waals surface area contributed by atoms with Crippen LogP contribution in [0.3, 0.4) is 0 Å². The molecule has 0 aromatic heterocycles. The molecule has 0 aromatic rings. The smallest absolute Gasteiger partial charge is 0.332 e. The van der Waals surface area contributed by atoms with Gasteiger partial charge in [-0.3, -0.25) is 0 Å². The molecule has 1 heterocycles. The van der Waals surface area contributed by atoms with Crippen LogP contribution < -0.4 is 5.32 Å². The van der Waals surface area contributed by atoms with Crippen molar-refractivity contribution in [1.82, 2.24) is 5.32 Å². The van der Waals surface area contributed by atoms with Gasteiger partial charge in [-0.2, -0.15) is 0 Å². The second-order valence-corrected chi connectivity index (χ2v) is 2.86. The van der Waals surface area contributed by atoms with Gasteiger partial charge in [0.25, 0.3) is 0 Å². The van der Waals surface area contributed by atoms with E-state index in [1.165, 1.54) is 6.08 Å². The highest BCUT2D eigenvalue weighted by Crippen LogP contribution is 2.12. The number of hydrogen-bond donors (Lipinski definition) is 1. The summed E-state index contributed by atoms with van der Waals surface area (Å²) < 4.78 is 9.90. The maximum Gasteiger partial charge on any atom is 0.332 e. The van der Waals surface area contributed by atoms with Gasteiger partial charge in [0.1, 0.15) is 0 Å². The number of carbonyl (C=O) groups is 1. The zero-order valence-electron chi connectivity index (χ0n) is 8.00. The molecule has 1 saturated heterocycles. The van der Waals surface area contributed by atoms with Crippen LogP contribution in [-0.4, -0.2) is 32.3 Å². The summed E-state index contributed by atoms with van der Waals surface area (Å²) in [5.41, 5.74) is 0.894. The Hall–Kier alpha value is -1.03. The highest BCUT2D eigenvalue weighted by molar-refractivity contribution is 5.82. The third-order valence-electron chi connectivity index (χ3n) is 1.92. The number of carbonyl (C=O) groups excluding carboxylic acids is 1. The van der Waals surface area contributed by atoms with Gasteiger partial charge in [0.2, 0.25) is 0 Å². The fourth-order valence-electron chi connectivity index (χ4n) is 1.24. The molecule has 0 spiro atoms. The van der Waals surface area contributed by atoms with Crippen LogP contribution in [0.5, 0.6) is 0 Å². The number of nitrogens with one attached hydrogen (secondary N) is 1. The number of ether oxygens (including phenoxy) is 2. The molecule has 1 atom stereocenters. The first-order valence-corrected chi connectivity index (χ1v) is 4.40. The lowest BCUT2D eigenvalue weighted by atomic mass is 10.2. The molecule has 0 aliphatic carbocycles. The summed E-state index contributed by atoms with van der Waals surface area (Å²) in [5.74, 6) is -0.290. The highest BCUT2D eigenvalue weighted by Gasteiger charge is 2.18. The lowest BCUT2D eigenvalue weighted by Crippen LogP contribution is -2.14. The van der Waals surface area contributed by atoms with E-state index in [4.69, 9.17) is 9.47 Å². The van der Waals surface area contributed by atoms with Gasteiger partial charge in [0.15, 0.2) is 0 Å². The molecule has 1 rings (SSSR count). The normalized spacial score (nSPS) is 24.5. The Bertz CT molecular complexity index is 213. The Labute approximate surface area is 77.9 Å². The molecular formula is C9H15NO3. The summed E-state index contributed by atoms with van der Waals surface area (Å²) >= 11 is 0. The van der Waals surface area contributed by atoms with Crippen LogP contribution in [0.25, 0.3) is 0 Å². The first-order chi connectivity index (χ1) is 6.26. The van der Waals surface area contributed by atoms with Crippen molar-refractivity contribution in [2.75, 3.05) is 20.3 Å². The van der Waals surface area contributed by atoms with Crippen LogP contribution >= 0.6 is 0 Å². The maximum absolute atomic E-state index is 11.0. The van der Waals surface area contributed by atoms with E-state index in [0.29, 0.717) is 6.61 Å². The highest BCUT2D eigenvalue weighted by atomic mass is 16.5. The molecule has 1 aliphatic heterocycles. The SMILES string of the molecule is CCOC(=O)/C=C1/CC(OC)CN1. The van der Waals surface area contributed by atoms with Crippen molar-refractivity contribution in [3.8, 4) is 0 Å². The number of rotatable bonds is 3. The fourth-order valence-corrected chi connectivity index (χ4v) is 1.24. The van der Waals surface area contributed by atoms with Gasteiger partial charge in [-0.25, -0.2) is 4.79 Å². The Morgan fingerprint density at radius 3 is 3.08 bits per heavy atom. The monoisotopic (exact) mass is 185 g/mol. The first-order valence-electron chi connectivity index (χ1n) is 4.40. The standard InChI is InChI=1S/C9H15NO3/c1-3-13-9(11)5-7-4-8(12-2)6-10-7/h5,8,10H,3-4,6H2,1-2H3/b7-5-. The quantitative estimate of drug-likeness (QED) is 0.512. The molecule has 4 heteroatoms. The molecule has 74 valence electrons.